The lowest BCUT2D eigenvalue weighted by Gasteiger charge is -2.36. The first-order chi connectivity index (χ1) is 13.8. The van der Waals surface area contributed by atoms with Crippen LogP contribution in [0.4, 0.5) is 0 Å². The van der Waals surface area contributed by atoms with Crippen molar-refractivity contribution in [2.24, 2.45) is 5.92 Å². The summed E-state index contributed by atoms with van der Waals surface area (Å²) in [6.45, 7) is 10.7. The number of para-hydroxylation sites is 2. The number of rotatable bonds is 8. The van der Waals surface area contributed by atoms with Crippen molar-refractivity contribution in [3.05, 3.63) is 30.1 Å². The van der Waals surface area contributed by atoms with Gasteiger partial charge >= 0.3 is 0 Å². The fourth-order valence-electron chi connectivity index (χ4n) is 5.25. The van der Waals surface area contributed by atoms with Gasteiger partial charge in [-0.15, -0.1) is 0 Å². The molecule has 0 bridgehead atoms. The number of hydrogen-bond donors (Lipinski definition) is 1. The van der Waals surface area contributed by atoms with E-state index in [4.69, 9.17) is 4.98 Å². The SMILES string of the molecule is CCCCC(CC)CN1CCC(n2c(C3CCNC3)nc3ccccc32)CC1. The van der Waals surface area contributed by atoms with Gasteiger partial charge in [0.05, 0.1) is 11.0 Å². The smallest absolute Gasteiger partial charge is 0.114 e. The van der Waals surface area contributed by atoms with E-state index in [1.807, 2.05) is 0 Å². The molecule has 2 aliphatic rings. The Hall–Kier alpha value is -1.39. The maximum Gasteiger partial charge on any atom is 0.114 e. The van der Waals surface area contributed by atoms with E-state index in [1.165, 1.54) is 81.4 Å². The number of nitrogens with zero attached hydrogens (tertiary/aromatic N) is 3. The molecule has 2 saturated heterocycles. The van der Waals surface area contributed by atoms with E-state index in [2.05, 4.69) is 52.9 Å². The van der Waals surface area contributed by atoms with Gasteiger partial charge in [0.1, 0.15) is 5.82 Å². The highest BCUT2D eigenvalue weighted by Gasteiger charge is 2.29. The lowest BCUT2D eigenvalue weighted by Crippen LogP contribution is -2.38. The van der Waals surface area contributed by atoms with Gasteiger partial charge in [-0.1, -0.05) is 45.2 Å². The first-order valence-electron chi connectivity index (χ1n) is 11.7. The second-order valence-corrected chi connectivity index (χ2v) is 8.97. The Morgan fingerprint density at radius 1 is 1.14 bits per heavy atom. The molecule has 0 spiro atoms. The molecule has 4 rings (SSSR count). The van der Waals surface area contributed by atoms with Crippen LogP contribution in [0.2, 0.25) is 0 Å². The molecule has 1 aromatic heterocycles. The fourth-order valence-corrected chi connectivity index (χ4v) is 5.25. The number of unbranched alkanes of at least 4 members (excludes halogenated alkanes) is 1. The van der Waals surface area contributed by atoms with E-state index in [1.54, 1.807) is 0 Å². The van der Waals surface area contributed by atoms with Gasteiger partial charge in [-0.05, 0) is 50.3 Å². The largest absolute Gasteiger partial charge is 0.324 e. The van der Waals surface area contributed by atoms with E-state index >= 15 is 0 Å². The molecule has 154 valence electrons. The molecule has 3 heterocycles. The van der Waals surface area contributed by atoms with E-state index in [0.29, 0.717) is 12.0 Å². The van der Waals surface area contributed by atoms with Crippen molar-refractivity contribution in [2.45, 2.75) is 70.8 Å². The third-order valence-electron chi connectivity index (χ3n) is 7.03. The summed E-state index contributed by atoms with van der Waals surface area (Å²) < 4.78 is 2.62. The van der Waals surface area contributed by atoms with Crippen LogP contribution in [0, 0.1) is 5.92 Å². The van der Waals surface area contributed by atoms with Crippen LogP contribution in [0.25, 0.3) is 11.0 Å². The highest BCUT2D eigenvalue weighted by Crippen LogP contribution is 2.34. The number of hydrogen-bond acceptors (Lipinski definition) is 3. The topological polar surface area (TPSA) is 33.1 Å². The number of imidazole rings is 1. The Bertz CT molecular complexity index is 738. The Morgan fingerprint density at radius 3 is 2.68 bits per heavy atom. The maximum absolute atomic E-state index is 5.09. The standard InChI is InChI=1S/C24H38N4/c1-3-5-8-19(4-2)18-27-15-12-21(13-16-27)28-23-10-7-6-9-22(23)26-24(28)20-11-14-25-17-20/h6-7,9-10,19-21,25H,3-5,8,11-18H2,1-2H3. The second kappa shape index (κ2) is 9.41. The molecule has 28 heavy (non-hydrogen) atoms. The number of benzene rings is 1. The predicted octanol–water partition coefficient (Wildman–Crippen LogP) is 4.97. The van der Waals surface area contributed by atoms with Gasteiger partial charge in [0, 0.05) is 38.1 Å². The predicted molar refractivity (Wildman–Crippen MR) is 118 cm³/mol. The van der Waals surface area contributed by atoms with Crippen LogP contribution in [0.1, 0.15) is 76.6 Å². The van der Waals surface area contributed by atoms with Crippen molar-refractivity contribution < 1.29 is 0 Å². The molecule has 2 fully saturated rings. The van der Waals surface area contributed by atoms with Gasteiger partial charge in [-0.3, -0.25) is 0 Å². The van der Waals surface area contributed by atoms with Crippen LogP contribution >= 0.6 is 0 Å². The van der Waals surface area contributed by atoms with Crippen molar-refractivity contribution in [2.75, 3.05) is 32.7 Å². The van der Waals surface area contributed by atoms with Gasteiger partial charge in [-0.2, -0.15) is 0 Å². The van der Waals surface area contributed by atoms with Gasteiger partial charge in [0.15, 0.2) is 0 Å². The third-order valence-corrected chi connectivity index (χ3v) is 7.03. The molecule has 0 amide bonds. The van der Waals surface area contributed by atoms with Crippen LogP contribution in [0.5, 0.6) is 0 Å². The van der Waals surface area contributed by atoms with Crippen LogP contribution in [-0.2, 0) is 0 Å². The Morgan fingerprint density at radius 2 is 1.96 bits per heavy atom. The maximum atomic E-state index is 5.09. The van der Waals surface area contributed by atoms with E-state index in [9.17, 15) is 0 Å². The molecule has 2 atom stereocenters. The lowest BCUT2D eigenvalue weighted by molar-refractivity contribution is 0.156. The van der Waals surface area contributed by atoms with Gasteiger partial charge in [-0.25, -0.2) is 4.98 Å². The Kier molecular flexibility index (Phi) is 6.69. The van der Waals surface area contributed by atoms with Gasteiger partial charge < -0.3 is 14.8 Å². The quantitative estimate of drug-likeness (QED) is 0.700. The zero-order valence-corrected chi connectivity index (χ0v) is 17.9. The number of aromatic nitrogens is 2. The van der Waals surface area contributed by atoms with Crippen molar-refractivity contribution in [1.82, 2.24) is 19.8 Å². The monoisotopic (exact) mass is 382 g/mol. The Labute approximate surface area is 170 Å². The van der Waals surface area contributed by atoms with Gasteiger partial charge in [0.2, 0.25) is 0 Å². The molecule has 4 heteroatoms. The summed E-state index contributed by atoms with van der Waals surface area (Å²) in [6.07, 6.45) is 9.18. The first-order valence-corrected chi connectivity index (χ1v) is 11.7. The summed E-state index contributed by atoms with van der Waals surface area (Å²) in [6, 6.07) is 9.37. The third kappa shape index (κ3) is 4.28. The lowest BCUT2D eigenvalue weighted by atomic mass is 9.96. The number of likely N-dealkylation sites (tertiary alicyclic amines) is 1. The van der Waals surface area contributed by atoms with Crippen molar-refractivity contribution >= 4 is 11.0 Å². The Balaban J connectivity index is 1.47. The average Bonchev–Trinajstić information content (AvgIpc) is 3.39. The summed E-state index contributed by atoms with van der Waals surface area (Å²) in [5.41, 5.74) is 2.52. The molecule has 1 N–H and O–H groups in total. The summed E-state index contributed by atoms with van der Waals surface area (Å²) in [7, 11) is 0. The minimum Gasteiger partial charge on any atom is -0.324 e. The van der Waals surface area contributed by atoms with E-state index < -0.39 is 0 Å². The number of fused-ring (bicyclic) bond motifs is 1. The molecule has 2 aliphatic heterocycles. The van der Waals surface area contributed by atoms with Crippen LogP contribution in [0.15, 0.2) is 24.3 Å². The molecule has 0 radical (unpaired) electrons. The first kappa shape index (κ1) is 19.9. The minimum absolute atomic E-state index is 0.573. The number of nitrogens with one attached hydrogen (secondary N) is 1. The zero-order chi connectivity index (χ0) is 19.3. The summed E-state index contributed by atoms with van der Waals surface area (Å²) in [5, 5.41) is 3.54. The molecule has 0 saturated carbocycles. The normalized spacial score (nSPS) is 22.9. The van der Waals surface area contributed by atoms with Crippen molar-refractivity contribution in [3.63, 3.8) is 0 Å². The molecule has 1 aromatic carbocycles. The highest BCUT2D eigenvalue weighted by atomic mass is 15.2. The van der Waals surface area contributed by atoms with E-state index in [-0.39, 0.29) is 0 Å². The zero-order valence-electron chi connectivity index (χ0n) is 17.9. The fraction of sp³-hybridized carbons (Fsp3) is 0.708. The molecule has 2 unspecified atom stereocenters. The minimum atomic E-state index is 0.573. The molecule has 2 aromatic rings. The molecular formula is C24H38N4. The molecular weight excluding hydrogens is 344 g/mol. The average molecular weight is 383 g/mol. The molecule has 0 aliphatic carbocycles. The van der Waals surface area contributed by atoms with Crippen molar-refractivity contribution in [1.29, 1.82) is 0 Å². The molecule has 4 nitrogen and oxygen atoms in total. The van der Waals surface area contributed by atoms with Crippen molar-refractivity contribution in [3.8, 4) is 0 Å². The summed E-state index contributed by atoms with van der Waals surface area (Å²) in [4.78, 5) is 7.83. The second-order valence-electron chi connectivity index (χ2n) is 8.97. The van der Waals surface area contributed by atoms with Crippen LogP contribution in [0.3, 0.4) is 0 Å². The van der Waals surface area contributed by atoms with E-state index in [0.717, 1.165) is 19.0 Å². The highest BCUT2D eigenvalue weighted by molar-refractivity contribution is 5.76. The van der Waals surface area contributed by atoms with Crippen LogP contribution in [-0.4, -0.2) is 47.2 Å². The summed E-state index contributed by atoms with van der Waals surface area (Å²) in [5.74, 6) is 2.79. The van der Waals surface area contributed by atoms with Crippen LogP contribution < -0.4 is 5.32 Å². The summed E-state index contributed by atoms with van der Waals surface area (Å²) >= 11 is 0. The van der Waals surface area contributed by atoms with Gasteiger partial charge in [0.25, 0.3) is 0 Å². The number of piperidine rings is 1.